The normalized spacial score (nSPS) is 18.7. The van der Waals surface area contributed by atoms with Crippen LogP contribution in [0.15, 0.2) is 64.7 Å². The Morgan fingerprint density at radius 1 is 1.24 bits per heavy atom. The van der Waals surface area contributed by atoms with Crippen LogP contribution in [0.5, 0.6) is 5.75 Å². The standard InChI is InChI=1S/C25H22Cl3N3O5S2/c1-35-16-6-4-14(5-7-16)11-36-25(34)22-15(3-2-8-26)12-38-24-21(23(33)31(22)24)30-20(32)13-37-17-9-18(27)29-19(28)10-17/h2-7,9-10,21,24H,8,11-13H2,1H3,(H,30,32)/b3-2-/t21-,24-/m1/s1. The minimum Gasteiger partial charge on any atom is -0.497 e. The van der Waals surface area contributed by atoms with Crippen molar-refractivity contribution in [3.05, 3.63) is 75.7 Å². The summed E-state index contributed by atoms with van der Waals surface area (Å²) in [5.41, 5.74) is 1.56. The number of carbonyl (C=O) groups is 3. The number of ether oxygens (including phenoxy) is 2. The van der Waals surface area contributed by atoms with E-state index < -0.39 is 17.4 Å². The number of alkyl halides is 1. The zero-order chi connectivity index (χ0) is 27.2. The number of halogens is 3. The first-order valence-electron chi connectivity index (χ1n) is 11.3. The highest BCUT2D eigenvalue weighted by atomic mass is 35.5. The Labute approximate surface area is 243 Å². The summed E-state index contributed by atoms with van der Waals surface area (Å²) in [4.78, 5) is 44.8. The van der Waals surface area contributed by atoms with E-state index in [1.54, 1.807) is 55.7 Å². The van der Waals surface area contributed by atoms with Crippen molar-refractivity contribution in [1.82, 2.24) is 15.2 Å². The molecule has 0 unspecified atom stereocenters. The van der Waals surface area contributed by atoms with E-state index in [4.69, 9.17) is 44.3 Å². The Kier molecular flexibility index (Phi) is 9.89. The highest BCUT2D eigenvalue weighted by Gasteiger charge is 2.54. The summed E-state index contributed by atoms with van der Waals surface area (Å²) in [7, 11) is 1.57. The van der Waals surface area contributed by atoms with Gasteiger partial charge >= 0.3 is 5.97 Å². The summed E-state index contributed by atoms with van der Waals surface area (Å²) < 4.78 is 10.7. The Morgan fingerprint density at radius 3 is 2.61 bits per heavy atom. The molecule has 8 nitrogen and oxygen atoms in total. The average Bonchev–Trinajstić information content (AvgIpc) is 2.91. The molecule has 2 aromatic rings. The van der Waals surface area contributed by atoms with Gasteiger partial charge in [-0.1, -0.05) is 47.5 Å². The van der Waals surface area contributed by atoms with E-state index in [9.17, 15) is 14.4 Å². The van der Waals surface area contributed by atoms with E-state index >= 15 is 0 Å². The van der Waals surface area contributed by atoms with Gasteiger partial charge < -0.3 is 14.8 Å². The van der Waals surface area contributed by atoms with Crippen molar-refractivity contribution in [3.63, 3.8) is 0 Å². The van der Waals surface area contributed by atoms with Crippen LogP contribution in [0, 0.1) is 0 Å². The molecule has 4 rings (SSSR count). The molecule has 0 saturated carbocycles. The smallest absolute Gasteiger partial charge is 0.355 e. The highest BCUT2D eigenvalue weighted by molar-refractivity contribution is 8.00. The number of nitrogens with zero attached hydrogens (tertiary/aromatic N) is 2. The molecule has 0 bridgehead atoms. The minimum atomic E-state index is -0.763. The highest BCUT2D eigenvalue weighted by Crippen LogP contribution is 2.41. The van der Waals surface area contributed by atoms with Crippen molar-refractivity contribution in [2.45, 2.75) is 22.9 Å². The van der Waals surface area contributed by atoms with Gasteiger partial charge in [0.05, 0.1) is 12.9 Å². The molecule has 2 amide bonds. The average molecular weight is 615 g/mol. The second-order valence-corrected chi connectivity index (χ2v) is 11.3. The predicted molar refractivity (Wildman–Crippen MR) is 150 cm³/mol. The number of amides is 2. The number of benzene rings is 1. The maximum atomic E-state index is 13.2. The number of hydrogen-bond acceptors (Lipinski definition) is 8. The third-order valence-electron chi connectivity index (χ3n) is 5.55. The van der Waals surface area contributed by atoms with Crippen molar-refractivity contribution >= 4 is 76.1 Å². The van der Waals surface area contributed by atoms with Crippen molar-refractivity contribution < 1.29 is 23.9 Å². The number of β-lactam (4-membered cyclic amide) rings is 1. The number of fused-ring (bicyclic) bond motifs is 1. The summed E-state index contributed by atoms with van der Waals surface area (Å²) in [6, 6.07) is 9.56. The first-order valence-corrected chi connectivity index (χ1v) is 14.6. The second kappa shape index (κ2) is 13.1. The number of rotatable bonds is 10. The Balaban J connectivity index is 1.41. The van der Waals surface area contributed by atoms with E-state index in [-0.39, 0.29) is 46.1 Å². The lowest BCUT2D eigenvalue weighted by Crippen LogP contribution is -2.70. The molecule has 2 aliphatic rings. The first-order chi connectivity index (χ1) is 18.3. The molecule has 0 radical (unpaired) electrons. The molecule has 3 heterocycles. The lowest BCUT2D eigenvalue weighted by atomic mass is 10.0. The second-order valence-electron chi connectivity index (χ2n) is 8.05. The predicted octanol–water partition coefficient (Wildman–Crippen LogP) is 4.68. The van der Waals surface area contributed by atoms with Gasteiger partial charge in [-0.25, -0.2) is 9.78 Å². The molecule has 13 heteroatoms. The fraction of sp³-hybridized carbons (Fsp3) is 0.280. The maximum absolute atomic E-state index is 13.2. The van der Waals surface area contributed by atoms with Crippen LogP contribution < -0.4 is 10.1 Å². The van der Waals surface area contributed by atoms with E-state index in [1.165, 1.54) is 28.4 Å². The number of pyridine rings is 1. The van der Waals surface area contributed by atoms with Gasteiger partial charge in [-0.2, -0.15) is 0 Å². The summed E-state index contributed by atoms with van der Waals surface area (Å²) in [5.74, 6) is 0.0963. The van der Waals surface area contributed by atoms with Crippen LogP contribution in [0.2, 0.25) is 10.3 Å². The van der Waals surface area contributed by atoms with Crippen LogP contribution in [0.3, 0.4) is 0 Å². The zero-order valence-electron chi connectivity index (χ0n) is 20.0. The molecule has 2 atom stereocenters. The largest absolute Gasteiger partial charge is 0.497 e. The fourth-order valence-electron chi connectivity index (χ4n) is 3.78. The van der Waals surface area contributed by atoms with Crippen LogP contribution in [-0.4, -0.2) is 63.6 Å². The number of esters is 1. The van der Waals surface area contributed by atoms with Crippen molar-refractivity contribution in [3.8, 4) is 5.75 Å². The van der Waals surface area contributed by atoms with Gasteiger partial charge in [-0.05, 0) is 35.4 Å². The van der Waals surface area contributed by atoms with Gasteiger partial charge in [0.1, 0.15) is 39.8 Å². The van der Waals surface area contributed by atoms with Crippen molar-refractivity contribution in [2.24, 2.45) is 0 Å². The molecular formula is C25H22Cl3N3O5S2. The van der Waals surface area contributed by atoms with Gasteiger partial charge in [0.2, 0.25) is 5.91 Å². The van der Waals surface area contributed by atoms with Gasteiger partial charge in [0.15, 0.2) is 0 Å². The lowest BCUT2D eigenvalue weighted by molar-refractivity contribution is -0.153. The van der Waals surface area contributed by atoms with Gasteiger partial charge in [0.25, 0.3) is 5.91 Å². The Bertz CT molecular complexity index is 1270. The molecule has 1 aromatic carbocycles. The Hall–Kier alpha value is -2.37. The topological polar surface area (TPSA) is 97.8 Å². The summed E-state index contributed by atoms with van der Waals surface area (Å²) in [6.07, 6.45) is 3.42. The van der Waals surface area contributed by atoms with Crippen LogP contribution >= 0.6 is 58.3 Å². The van der Waals surface area contributed by atoms with E-state index in [2.05, 4.69) is 10.3 Å². The third kappa shape index (κ3) is 6.79. The zero-order valence-corrected chi connectivity index (χ0v) is 23.9. The number of carbonyl (C=O) groups excluding carboxylic acids is 3. The molecule has 200 valence electrons. The van der Waals surface area contributed by atoms with Crippen LogP contribution in [0.25, 0.3) is 0 Å². The van der Waals surface area contributed by atoms with Crippen LogP contribution in [0.4, 0.5) is 0 Å². The first kappa shape index (κ1) is 28.6. The summed E-state index contributed by atoms with van der Waals surface area (Å²) in [6.45, 7) is 0.0269. The summed E-state index contributed by atoms with van der Waals surface area (Å²) in [5, 5.41) is 2.79. The quantitative estimate of drug-likeness (QED) is 0.135. The maximum Gasteiger partial charge on any atom is 0.355 e. The Morgan fingerprint density at radius 2 is 1.95 bits per heavy atom. The number of thioether (sulfide) groups is 2. The molecule has 1 aromatic heterocycles. The van der Waals surface area contributed by atoms with Gasteiger partial charge in [-0.3, -0.25) is 14.5 Å². The fourth-order valence-corrected chi connectivity index (χ4v) is 6.54. The molecule has 0 aliphatic carbocycles. The molecule has 0 spiro atoms. The van der Waals surface area contributed by atoms with Gasteiger partial charge in [-0.15, -0.1) is 35.1 Å². The SMILES string of the molecule is COc1ccc(COC(=O)C2=C(/C=C\CCl)CS[C@@H]3[C@H](NC(=O)CSc4cc(Cl)nc(Cl)c4)C(=O)N23)cc1. The number of hydrogen-bond donors (Lipinski definition) is 1. The molecule has 1 N–H and O–H groups in total. The monoisotopic (exact) mass is 613 g/mol. The van der Waals surface area contributed by atoms with Crippen LogP contribution in [-0.2, 0) is 25.7 Å². The third-order valence-corrected chi connectivity index (χ3v) is 8.39. The molecular weight excluding hydrogens is 593 g/mol. The minimum absolute atomic E-state index is 0.0269. The molecule has 1 saturated heterocycles. The number of methoxy groups -OCH3 is 1. The van der Waals surface area contributed by atoms with Crippen molar-refractivity contribution in [2.75, 3.05) is 24.5 Å². The number of nitrogens with one attached hydrogen (secondary N) is 1. The molecule has 1 fully saturated rings. The molecule has 38 heavy (non-hydrogen) atoms. The lowest BCUT2D eigenvalue weighted by Gasteiger charge is -2.49. The number of allylic oxidation sites excluding steroid dienone is 2. The van der Waals surface area contributed by atoms with E-state index in [0.29, 0.717) is 22.0 Å². The molecule has 2 aliphatic heterocycles. The summed E-state index contributed by atoms with van der Waals surface area (Å²) >= 11 is 20.3. The number of aromatic nitrogens is 1. The van der Waals surface area contributed by atoms with Gasteiger partial charge in [0, 0.05) is 16.5 Å². The van der Waals surface area contributed by atoms with Crippen LogP contribution in [0.1, 0.15) is 5.56 Å². The van der Waals surface area contributed by atoms with E-state index in [1.807, 2.05) is 0 Å². The van der Waals surface area contributed by atoms with E-state index in [0.717, 1.165) is 5.56 Å². The van der Waals surface area contributed by atoms with Crippen molar-refractivity contribution in [1.29, 1.82) is 0 Å².